The third-order valence-corrected chi connectivity index (χ3v) is 4.53. The first-order valence-corrected chi connectivity index (χ1v) is 7.40. The fraction of sp³-hybridized carbons (Fsp3) is 0.643. The Morgan fingerprint density at radius 2 is 2.29 bits per heavy atom. The molecular formula is C14H21NOS. The maximum absolute atomic E-state index is 12.0. The lowest BCUT2D eigenvalue weighted by atomic mass is 10.1. The lowest BCUT2D eigenvalue weighted by molar-refractivity contribution is -0.123. The minimum Gasteiger partial charge on any atom is -0.298 e. The number of Topliss-reactive ketones (excluding diaryl/α,β-unsaturated/α-hetero) is 1. The average molecular weight is 251 g/mol. The summed E-state index contributed by atoms with van der Waals surface area (Å²) < 4.78 is 0. The zero-order valence-corrected chi connectivity index (χ0v) is 11.3. The van der Waals surface area contributed by atoms with Gasteiger partial charge in [0.15, 0.2) is 0 Å². The number of ketones is 1. The molecule has 1 aliphatic rings. The van der Waals surface area contributed by atoms with Crippen LogP contribution in [0.15, 0.2) is 17.5 Å². The zero-order valence-electron chi connectivity index (χ0n) is 10.5. The molecule has 0 spiro atoms. The van der Waals surface area contributed by atoms with Crippen LogP contribution in [-0.4, -0.2) is 30.3 Å². The van der Waals surface area contributed by atoms with Crippen molar-refractivity contribution in [2.24, 2.45) is 0 Å². The number of rotatable bonds is 4. The molecule has 1 heterocycles. The molecule has 3 heteroatoms. The molecule has 0 saturated heterocycles. The standard InChI is InChI=1S/C14H21NOS/c1-15(10-9-12-6-5-11-17-12)13-7-3-2-4-8-14(13)16/h5-6,11,13H,2-4,7-10H2,1H3. The number of nitrogens with zero attached hydrogens (tertiary/aromatic N) is 1. The molecule has 94 valence electrons. The van der Waals surface area contributed by atoms with Crippen molar-refractivity contribution in [2.45, 2.75) is 44.6 Å². The largest absolute Gasteiger partial charge is 0.298 e. The second-order valence-corrected chi connectivity index (χ2v) is 5.92. The molecule has 0 aliphatic heterocycles. The summed E-state index contributed by atoms with van der Waals surface area (Å²) in [6.45, 7) is 0.997. The summed E-state index contributed by atoms with van der Waals surface area (Å²) in [5.41, 5.74) is 0. The smallest absolute Gasteiger partial charge is 0.149 e. The number of thiophene rings is 1. The molecular weight excluding hydrogens is 230 g/mol. The lowest BCUT2D eigenvalue weighted by Crippen LogP contribution is -2.38. The molecule has 1 atom stereocenters. The van der Waals surface area contributed by atoms with Gasteiger partial charge in [-0.05, 0) is 37.8 Å². The average Bonchev–Trinajstić information content (AvgIpc) is 2.75. The molecule has 1 aromatic rings. The molecule has 17 heavy (non-hydrogen) atoms. The van der Waals surface area contributed by atoms with Gasteiger partial charge in [0.1, 0.15) is 5.78 Å². The van der Waals surface area contributed by atoms with Gasteiger partial charge in [-0.25, -0.2) is 0 Å². The maximum Gasteiger partial charge on any atom is 0.149 e. The number of hydrogen-bond acceptors (Lipinski definition) is 3. The fourth-order valence-electron chi connectivity index (χ4n) is 2.50. The van der Waals surface area contributed by atoms with Crippen molar-refractivity contribution in [3.63, 3.8) is 0 Å². The molecule has 0 aromatic carbocycles. The molecule has 1 fully saturated rings. The van der Waals surface area contributed by atoms with Crippen LogP contribution in [0, 0.1) is 0 Å². The highest BCUT2D eigenvalue weighted by atomic mass is 32.1. The molecule has 0 radical (unpaired) electrons. The molecule has 1 aliphatic carbocycles. The monoisotopic (exact) mass is 251 g/mol. The van der Waals surface area contributed by atoms with Crippen LogP contribution >= 0.6 is 11.3 Å². The van der Waals surface area contributed by atoms with Gasteiger partial charge in [-0.1, -0.05) is 18.9 Å². The van der Waals surface area contributed by atoms with Gasteiger partial charge in [-0.3, -0.25) is 9.69 Å². The van der Waals surface area contributed by atoms with Crippen molar-refractivity contribution < 1.29 is 4.79 Å². The van der Waals surface area contributed by atoms with Crippen LogP contribution in [0.2, 0.25) is 0 Å². The van der Waals surface area contributed by atoms with Crippen molar-refractivity contribution in [1.29, 1.82) is 0 Å². The molecule has 0 N–H and O–H groups in total. The summed E-state index contributed by atoms with van der Waals surface area (Å²) in [6, 6.07) is 4.45. The Labute approximate surface area is 108 Å². The molecule has 0 bridgehead atoms. The Kier molecular flexibility index (Phi) is 4.75. The summed E-state index contributed by atoms with van der Waals surface area (Å²) in [7, 11) is 2.10. The second-order valence-electron chi connectivity index (χ2n) is 4.89. The van der Waals surface area contributed by atoms with Crippen molar-refractivity contribution in [3.8, 4) is 0 Å². The van der Waals surface area contributed by atoms with E-state index >= 15 is 0 Å². The quantitative estimate of drug-likeness (QED) is 0.766. The normalized spacial score (nSPS) is 21.8. The Morgan fingerprint density at radius 3 is 3.06 bits per heavy atom. The van der Waals surface area contributed by atoms with E-state index in [9.17, 15) is 4.79 Å². The van der Waals surface area contributed by atoms with Crippen LogP contribution < -0.4 is 0 Å². The van der Waals surface area contributed by atoms with Gasteiger partial charge in [-0.2, -0.15) is 0 Å². The van der Waals surface area contributed by atoms with Crippen LogP contribution in [0.25, 0.3) is 0 Å². The van der Waals surface area contributed by atoms with Gasteiger partial charge in [0, 0.05) is 17.8 Å². The van der Waals surface area contributed by atoms with Crippen LogP contribution in [0.4, 0.5) is 0 Å². The second kappa shape index (κ2) is 6.31. The summed E-state index contributed by atoms with van der Waals surface area (Å²) in [6.07, 6.45) is 6.43. The lowest BCUT2D eigenvalue weighted by Gasteiger charge is -2.25. The first-order valence-electron chi connectivity index (χ1n) is 6.52. The first kappa shape index (κ1) is 12.8. The van der Waals surface area contributed by atoms with E-state index in [-0.39, 0.29) is 6.04 Å². The Bertz CT molecular complexity index is 347. The first-order chi connectivity index (χ1) is 8.27. The van der Waals surface area contributed by atoms with Gasteiger partial charge in [0.2, 0.25) is 0 Å². The van der Waals surface area contributed by atoms with E-state index in [0.717, 1.165) is 32.2 Å². The molecule has 0 amide bonds. The van der Waals surface area contributed by atoms with Gasteiger partial charge in [-0.15, -0.1) is 11.3 Å². The van der Waals surface area contributed by atoms with Gasteiger partial charge in [0.25, 0.3) is 0 Å². The molecule has 1 unspecified atom stereocenters. The predicted molar refractivity (Wildman–Crippen MR) is 72.5 cm³/mol. The van der Waals surface area contributed by atoms with E-state index < -0.39 is 0 Å². The number of likely N-dealkylation sites (N-methyl/N-ethyl adjacent to an activating group) is 1. The molecule has 2 rings (SSSR count). The van der Waals surface area contributed by atoms with Crippen LogP contribution in [0.3, 0.4) is 0 Å². The van der Waals surface area contributed by atoms with Crippen molar-refractivity contribution in [1.82, 2.24) is 4.90 Å². The minimum atomic E-state index is 0.178. The van der Waals surface area contributed by atoms with E-state index in [2.05, 4.69) is 29.5 Å². The number of hydrogen-bond donors (Lipinski definition) is 0. The highest BCUT2D eigenvalue weighted by Gasteiger charge is 2.24. The summed E-state index contributed by atoms with van der Waals surface area (Å²) in [4.78, 5) is 15.7. The van der Waals surface area contributed by atoms with E-state index in [4.69, 9.17) is 0 Å². The SMILES string of the molecule is CN(CCc1cccs1)C1CCCCCC1=O. The summed E-state index contributed by atoms with van der Waals surface area (Å²) in [5.74, 6) is 0.455. The van der Waals surface area contributed by atoms with E-state index in [0.29, 0.717) is 5.78 Å². The molecule has 1 saturated carbocycles. The van der Waals surface area contributed by atoms with Crippen molar-refractivity contribution in [2.75, 3.05) is 13.6 Å². The zero-order chi connectivity index (χ0) is 12.1. The highest BCUT2D eigenvalue weighted by Crippen LogP contribution is 2.19. The Morgan fingerprint density at radius 1 is 1.41 bits per heavy atom. The molecule has 2 nitrogen and oxygen atoms in total. The number of carbonyl (C=O) groups excluding carboxylic acids is 1. The number of carbonyl (C=O) groups is 1. The summed E-state index contributed by atoms with van der Waals surface area (Å²) >= 11 is 1.80. The van der Waals surface area contributed by atoms with Crippen LogP contribution in [-0.2, 0) is 11.2 Å². The van der Waals surface area contributed by atoms with Crippen molar-refractivity contribution >= 4 is 17.1 Å². The minimum absolute atomic E-state index is 0.178. The van der Waals surface area contributed by atoms with E-state index in [1.54, 1.807) is 11.3 Å². The fourth-order valence-corrected chi connectivity index (χ4v) is 3.20. The topological polar surface area (TPSA) is 20.3 Å². The Balaban J connectivity index is 1.85. The van der Waals surface area contributed by atoms with Gasteiger partial charge < -0.3 is 0 Å². The highest BCUT2D eigenvalue weighted by molar-refractivity contribution is 7.09. The van der Waals surface area contributed by atoms with Gasteiger partial charge >= 0.3 is 0 Å². The van der Waals surface area contributed by atoms with Gasteiger partial charge in [0.05, 0.1) is 6.04 Å². The van der Waals surface area contributed by atoms with E-state index in [1.807, 2.05) is 0 Å². The summed E-state index contributed by atoms with van der Waals surface area (Å²) in [5, 5.41) is 2.12. The molecule has 1 aromatic heterocycles. The third kappa shape index (κ3) is 3.65. The predicted octanol–water partition coefficient (Wildman–Crippen LogP) is 3.12. The third-order valence-electron chi connectivity index (χ3n) is 3.60. The van der Waals surface area contributed by atoms with E-state index in [1.165, 1.54) is 17.7 Å². The maximum atomic E-state index is 12.0. The van der Waals surface area contributed by atoms with Crippen molar-refractivity contribution in [3.05, 3.63) is 22.4 Å². The van der Waals surface area contributed by atoms with Crippen LogP contribution in [0.5, 0.6) is 0 Å². The Hall–Kier alpha value is -0.670. The van der Waals surface area contributed by atoms with Crippen LogP contribution in [0.1, 0.15) is 37.0 Å².